The van der Waals surface area contributed by atoms with Crippen molar-refractivity contribution in [2.45, 2.75) is 11.8 Å². The van der Waals surface area contributed by atoms with Crippen LogP contribution in [-0.2, 0) is 24.3 Å². The molecule has 1 N–H and O–H groups in total. The van der Waals surface area contributed by atoms with Crippen LogP contribution in [0.5, 0.6) is 0 Å². The Labute approximate surface area is 180 Å². The lowest BCUT2D eigenvalue weighted by atomic mass is 10.2. The van der Waals surface area contributed by atoms with Gasteiger partial charge in [-0.25, -0.2) is 18.0 Å². The molecule has 164 valence electrons. The summed E-state index contributed by atoms with van der Waals surface area (Å²) in [7, 11) is -4.01. The standard InChI is InChI=1S/C21H22N2O7S/c1-3-13-23(17-10-6-5-7-11-17)31(27,28)18-12-8-9-16(14-18)20(25)30-15-19(24)22-21(26)29-4-2/h3,5-12,14H,1,4,13,15H2,2H3,(H,22,24,26). The summed E-state index contributed by atoms with van der Waals surface area (Å²) in [5.41, 5.74) is 0.364. The van der Waals surface area contributed by atoms with Crippen LogP contribution >= 0.6 is 0 Å². The highest BCUT2D eigenvalue weighted by Gasteiger charge is 2.25. The van der Waals surface area contributed by atoms with Gasteiger partial charge in [-0.2, -0.15) is 0 Å². The second-order valence-corrected chi connectivity index (χ2v) is 7.90. The van der Waals surface area contributed by atoms with E-state index < -0.39 is 34.6 Å². The maximum Gasteiger partial charge on any atom is 0.413 e. The molecule has 0 aliphatic rings. The van der Waals surface area contributed by atoms with Gasteiger partial charge in [0.1, 0.15) is 0 Å². The molecule has 0 saturated carbocycles. The Hall–Kier alpha value is -3.66. The molecule has 0 aliphatic heterocycles. The van der Waals surface area contributed by atoms with Crippen LogP contribution in [0.25, 0.3) is 0 Å². The van der Waals surface area contributed by atoms with Gasteiger partial charge in [0.15, 0.2) is 6.61 Å². The Morgan fingerprint density at radius 2 is 1.77 bits per heavy atom. The van der Waals surface area contributed by atoms with Gasteiger partial charge in [-0.05, 0) is 37.3 Å². The number of para-hydroxylation sites is 1. The van der Waals surface area contributed by atoms with Crippen LogP contribution in [0.4, 0.5) is 10.5 Å². The van der Waals surface area contributed by atoms with Crippen molar-refractivity contribution in [3.05, 3.63) is 72.8 Å². The van der Waals surface area contributed by atoms with Crippen molar-refractivity contribution in [1.29, 1.82) is 0 Å². The van der Waals surface area contributed by atoms with Crippen LogP contribution in [0.2, 0.25) is 0 Å². The molecule has 2 aromatic carbocycles. The number of rotatable bonds is 9. The van der Waals surface area contributed by atoms with Gasteiger partial charge in [-0.1, -0.05) is 30.3 Å². The van der Waals surface area contributed by atoms with Crippen molar-refractivity contribution in [2.24, 2.45) is 0 Å². The number of benzene rings is 2. The first-order chi connectivity index (χ1) is 14.8. The molecule has 0 fully saturated rings. The number of esters is 1. The molecule has 0 aromatic heterocycles. The number of anilines is 1. The van der Waals surface area contributed by atoms with E-state index in [2.05, 4.69) is 11.3 Å². The summed E-state index contributed by atoms with van der Waals surface area (Å²) in [5, 5.41) is 1.88. The molecule has 31 heavy (non-hydrogen) atoms. The fraction of sp³-hybridized carbons (Fsp3) is 0.190. The summed E-state index contributed by atoms with van der Waals surface area (Å²) in [5.74, 6) is -1.80. The van der Waals surface area contributed by atoms with Crippen molar-refractivity contribution in [2.75, 3.05) is 24.1 Å². The lowest BCUT2D eigenvalue weighted by Crippen LogP contribution is -2.34. The number of hydrogen-bond acceptors (Lipinski definition) is 7. The summed E-state index contributed by atoms with van der Waals surface area (Å²) in [6, 6.07) is 13.7. The molecule has 0 bridgehead atoms. The SMILES string of the molecule is C=CCN(c1ccccc1)S(=O)(=O)c1cccc(C(=O)OCC(=O)NC(=O)OCC)c1. The zero-order valence-corrected chi connectivity index (χ0v) is 17.6. The molecule has 2 amide bonds. The highest BCUT2D eigenvalue weighted by Crippen LogP contribution is 2.24. The number of sulfonamides is 1. The smallest absolute Gasteiger partial charge is 0.413 e. The maximum absolute atomic E-state index is 13.2. The zero-order valence-electron chi connectivity index (χ0n) is 16.8. The highest BCUT2D eigenvalue weighted by molar-refractivity contribution is 7.92. The second kappa shape index (κ2) is 10.9. The van der Waals surface area contributed by atoms with Crippen LogP contribution < -0.4 is 9.62 Å². The summed E-state index contributed by atoms with van der Waals surface area (Å²) >= 11 is 0. The minimum Gasteiger partial charge on any atom is -0.452 e. The third-order valence-corrected chi connectivity index (χ3v) is 5.64. The van der Waals surface area contributed by atoms with Gasteiger partial charge < -0.3 is 9.47 Å². The van der Waals surface area contributed by atoms with Gasteiger partial charge in [0, 0.05) is 0 Å². The van der Waals surface area contributed by atoms with Crippen molar-refractivity contribution in [3.8, 4) is 0 Å². The lowest BCUT2D eigenvalue weighted by Gasteiger charge is -2.23. The largest absolute Gasteiger partial charge is 0.452 e. The maximum atomic E-state index is 13.2. The zero-order chi connectivity index (χ0) is 22.9. The minimum atomic E-state index is -4.01. The van der Waals surface area contributed by atoms with Gasteiger partial charge in [0.2, 0.25) is 0 Å². The summed E-state index contributed by atoms with van der Waals surface area (Å²) in [6.07, 6.45) is 0.491. The molecule has 2 aromatic rings. The Morgan fingerprint density at radius 1 is 1.06 bits per heavy atom. The fourth-order valence-electron chi connectivity index (χ4n) is 2.50. The van der Waals surface area contributed by atoms with E-state index in [1.54, 1.807) is 37.3 Å². The first kappa shape index (κ1) is 23.6. The van der Waals surface area contributed by atoms with E-state index in [9.17, 15) is 22.8 Å². The van der Waals surface area contributed by atoms with Gasteiger partial charge in [0.05, 0.1) is 29.3 Å². The van der Waals surface area contributed by atoms with E-state index in [-0.39, 0.29) is 23.6 Å². The van der Waals surface area contributed by atoms with Crippen molar-refractivity contribution >= 4 is 33.7 Å². The second-order valence-electron chi connectivity index (χ2n) is 6.03. The molecule has 0 atom stereocenters. The monoisotopic (exact) mass is 446 g/mol. The quantitative estimate of drug-likeness (QED) is 0.464. The number of alkyl carbamates (subject to hydrolysis) is 1. The number of carbonyl (C=O) groups is 3. The van der Waals surface area contributed by atoms with Crippen LogP contribution in [0, 0.1) is 0 Å². The first-order valence-corrected chi connectivity index (χ1v) is 10.7. The normalized spacial score (nSPS) is 10.6. The molecule has 10 heteroatoms. The van der Waals surface area contributed by atoms with Crippen LogP contribution in [-0.4, -0.2) is 46.1 Å². The average molecular weight is 446 g/mol. The molecular formula is C21H22N2O7S. The van der Waals surface area contributed by atoms with E-state index in [1.807, 2.05) is 5.32 Å². The molecule has 0 heterocycles. The molecule has 0 spiro atoms. The van der Waals surface area contributed by atoms with E-state index in [4.69, 9.17) is 4.74 Å². The molecule has 2 rings (SSSR count). The molecule has 0 unspecified atom stereocenters. The summed E-state index contributed by atoms with van der Waals surface area (Å²) in [4.78, 5) is 34.9. The fourth-order valence-corrected chi connectivity index (χ4v) is 3.98. The third kappa shape index (κ3) is 6.41. The van der Waals surface area contributed by atoms with Crippen molar-refractivity contribution in [1.82, 2.24) is 5.32 Å². The average Bonchev–Trinajstić information content (AvgIpc) is 2.76. The van der Waals surface area contributed by atoms with Gasteiger partial charge in [0.25, 0.3) is 15.9 Å². The number of nitrogens with one attached hydrogen (secondary N) is 1. The lowest BCUT2D eigenvalue weighted by molar-refractivity contribution is -0.123. The molecule has 0 saturated heterocycles. The van der Waals surface area contributed by atoms with Crippen molar-refractivity contribution in [3.63, 3.8) is 0 Å². The van der Waals surface area contributed by atoms with Gasteiger partial charge >= 0.3 is 12.1 Å². The summed E-state index contributed by atoms with van der Waals surface area (Å²) in [6.45, 7) is 4.53. The highest BCUT2D eigenvalue weighted by atomic mass is 32.2. The number of amides is 2. The number of nitrogens with zero attached hydrogens (tertiary/aromatic N) is 1. The Balaban J connectivity index is 2.17. The van der Waals surface area contributed by atoms with Gasteiger partial charge in [-0.15, -0.1) is 6.58 Å². The molecule has 0 aliphatic carbocycles. The van der Waals surface area contributed by atoms with E-state index in [0.29, 0.717) is 5.69 Å². The van der Waals surface area contributed by atoms with E-state index in [1.165, 1.54) is 24.3 Å². The number of carbonyl (C=O) groups excluding carboxylic acids is 3. The Kier molecular flexibility index (Phi) is 8.33. The number of imide groups is 1. The summed E-state index contributed by atoms with van der Waals surface area (Å²) < 4.78 is 36.9. The molecular weight excluding hydrogens is 424 g/mol. The van der Waals surface area contributed by atoms with E-state index >= 15 is 0 Å². The molecule has 0 radical (unpaired) electrons. The van der Waals surface area contributed by atoms with Crippen LogP contribution in [0.1, 0.15) is 17.3 Å². The number of ether oxygens (including phenoxy) is 2. The topological polar surface area (TPSA) is 119 Å². The Bertz CT molecular complexity index is 1050. The first-order valence-electron chi connectivity index (χ1n) is 9.22. The predicted molar refractivity (Wildman–Crippen MR) is 113 cm³/mol. The van der Waals surface area contributed by atoms with Crippen LogP contribution in [0.3, 0.4) is 0 Å². The van der Waals surface area contributed by atoms with Gasteiger partial charge in [-0.3, -0.25) is 14.4 Å². The van der Waals surface area contributed by atoms with E-state index in [0.717, 1.165) is 10.4 Å². The predicted octanol–water partition coefficient (Wildman–Crippen LogP) is 2.50. The number of hydrogen-bond donors (Lipinski definition) is 1. The minimum absolute atomic E-state index is 0.0229. The Morgan fingerprint density at radius 3 is 2.42 bits per heavy atom. The van der Waals surface area contributed by atoms with Crippen molar-refractivity contribution < 1.29 is 32.3 Å². The van der Waals surface area contributed by atoms with Crippen LogP contribution in [0.15, 0.2) is 72.1 Å². The third-order valence-electron chi connectivity index (χ3n) is 3.85. The molecule has 9 nitrogen and oxygen atoms in total.